The minimum atomic E-state index is -1.22. The molecule has 0 spiro atoms. The molecule has 108 valence electrons. The van der Waals surface area contributed by atoms with Crippen molar-refractivity contribution in [1.29, 1.82) is 0 Å². The van der Waals surface area contributed by atoms with E-state index in [4.69, 9.17) is 9.47 Å². The second-order valence-corrected chi connectivity index (χ2v) is 5.11. The van der Waals surface area contributed by atoms with E-state index in [9.17, 15) is 19.7 Å². The Morgan fingerprint density at radius 2 is 1.42 bits per heavy atom. The number of rotatable bonds is 3. The van der Waals surface area contributed by atoms with Gasteiger partial charge in [0.1, 0.15) is 0 Å². The summed E-state index contributed by atoms with van der Waals surface area (Å²) in [5, 5.41) is 11.3. The van der Waals surface area contributed by atoms with Crippen LogP contribution in [0.15, 0.2) is 0 Å². The van der Waals surface area contributed by atoms with E-state index in [1.807, 2.05) is 0 Å². The molecule has 4 atom stereocenters. The number of esters is 2. The highest BCUT2D eigenvalue weighted by Crippen LogP contribution is 2.34. The molecular formula is C12H19NO6. The van der Waals surface area contributed by atoms with Crippen LogP contribution in [0.1, 0.15) is 34.1 Å². The first-order valence-electron chi connectivity index (χ1n) is 6.22. The number of nitrogens with zero attached hydrogens (tertiary/aromatic N) is 1. The number of hydrogen-bond donors (Lipinski definition) is 0. The van der Waals surface area contributed by atoms with Crippen LogP contribution in [0.25, 0.3) is 0 Å². The molecule has 1 aliphatic rings. The van der Waals surface area contributed by atoms with Crippen molar-refractivity contribution < 1.29 is 24.0 Å². The van der Waals surface area contributed by atoms with Gasteiger partial charge in [0.15, 0.2) is 12.2 Å². The summed E-state index contributed by atoms with van der Waals surface area (Å²) in [4.78, 5) is 32.9. The molecule has 7 nitrogen and oxygen atoms in total. The maximum Gasteiger partial charge on any atom is 0.303 e. The Kier molecular flexibility index (Phi) is 4.85. The predicted octanol–water partition coefficient (Wildman–Crippen LogP) is 1.17. The number of nitro groups is 1. The zero-order valence-corrected chi connectivity index (χ0v) is 11.5. The molecule has 0 heterocycles. The van der Waals surface area contributed by atoms with Crippen molar-refractivity contribution in [2.75, 3.05) is 0 Å². The predicted molar refractivity (Wildman–Crippen MR) is 64.8 cm³/mol. The second kappa shape index (κ2) is 5.99. The number of hydrogen-bond acceptors (Lipinski definition) is 6. The van der Waals surface area contributed by atoms with Gasteiger partial charge in [0, 0.05) is 30.6 Å². The average molecular weight is 273 g/mol. The molecular weight excluding hydrogens is 254 g/mol. The van der Waals surface area contributed by atoms with E-state index in [2.05, 4.69) is 0 Å². The zero-order chi connectivity index (χ0) is 14.7. The summed E-state index contributed by atoms with van der Waals surface area (Å²) in [5.41, 5.74) is 0. The molecule has 0 bridgehead atoms. The highest BCUT2D eigenvalue weighted by molar-refractivity contribution is 5.67. The van der Waals surface area contributed by atoms with Crippen molar-refractivity contribution in [2.45, 2.75) is 52.4 Å². The number of carbonyl (C=O) groups excluding carboxylic acids is 2. The monoisotopic (exact) mass is 273 g/mol. The minimum absolute atomic E-state index is 0.152. The van der Waals surface area contributed by atoms with Crippen LogP contribution in [-0.2, 0) is 19.1 Å². The molecule has 0 N–H and O–H groups in total. The highest BCUT2D eigenvalue weighted by Gasteiger charge is 2.52. The standard InChI is InChI=1S/C12H19NO6/c1-6-5-7(2)12(19-9(4)15)10(13(16)17)11(6)18-8(3)14/h6-7,10-12H,5H2,1-4H3. The van der Waals surface area contributed by atoms with Crippen LogP contribution in [0.5, 0.6) is 0 Å². The molecule has 0 radical (unpaired) electrons. The zero-order valence-electron chi connectivity index (χ0n) is 11.5. The molecule has 0 aliphatic heterocycles. The summed E-state index contributed by atoms with van der Waals surface area (Å²) in [6.07, 6.45) is -1.14. The summed E-state index contributed by atoms with van der Waals surface area (Å²) >= 11 is 0. The van der Waals surface area contributed by atoms with Gasteiger partial charge < -0.3 is 9.47 Å². The summed E-state index contributed by atoms with van der Waals surface area (Å²) < 4.78 is 10.1. The third-order valence-corrected chi connectivity index (χ3v) is 3.39. The third-order valence-electron chi connectivity index (χ3n) is 3.39. The van der Waals surface area contributed by atoms with Crippen molar-refractivity contribution in [3.8, 4) is 0 Å². The lowest BCUT2D eigenvalue weighted by Gasteiger charge is -2.38. The molecule has 0 saturated heterocycles. The molecule has 0 aromatic rings. The second-order valence-electron chi connectivity index (χ2n) is 5.11. The lowest BCUT2D eigenvalue weighted by molar-refractivity contribution is -0.553. The molecule has 1 aliphatic carbocycles. The van der Waals surface area contributed by atoms with Crippen LogP contribution < -0.4 is 0 Å². The fourth-order valence-electron chi connectivity index (χ4n) is 2.71. The normalized spacial score (nSPS) is 34.4. The molecule has 0 aromatic carbocycles. The summed E-state index contributed by atoms with van der Waals surface area (Å²) in [7, 11) is 0. The Bertz CT molecular complexity index is 354. The van der Waals surface area contributed by atoms with Crippen LogP contribution in [0.3, 0.4) is 0 Å². The van der Waals surface area contributed by atoms with Crippen molar-refractivity contribution in [3.05, 3.63) is 10.1 Å². The largest absolute Gasteiger partial charge is 0.455 e. The molecule has 0 aromatic heterocycles. The molecule has 1 saturated carbocycles. The van der Waals surface area contributed by atoms with Crippen LogP contribution >= 0.6 is 0 Å². The van der Waals surface area contributed by atoms with E-state index < -0.39 is 35.1 Å². The molecule has 7 heteroatoms. The van der Waals surface area contributed by atoms with Crippen molar-refractivity contribution in [3.63, 3.8) is 0 Å². The van der Waals surface area contributed by atoms with Gasteiger partial charge >= 0.3 is 11.9 Å². The van der Waals surface area contributed by atoms with E-state index in [0.717, 1.165) is 0 Å². The Morgan fingerprint density at radius 3 is 1.68 bits per heavy atom. The van der Waals surface area contributed by atoms with Gasteiger partial charge in [-0.2, -0.15) is 0 Å². The summed E-state index contributed by atoms with van der Waals surface area (Å²) in [6, 6.07) is -1.22. The van der Waals surface area contributed by atoms with E-state index >= 15 is 0 Å². The SMILES string of the molecule is CC(=O)OC1C(C)CC(C)C(OC(C)=O)C1[N+](=O)[O-]. The maximum absolute atomic E-state index is 11.3. The Hall–Kier alpha value is -1.66. The van der Waals surface area contributed by atoms with Gasteiger partial charge in [-0.3, -0.25) is 19.7 Å². The lowest BCUT2D eigenvalue weighted by atomic mass is 9.76. The van der Waals surface area contributed by atoms with Crippen molar-refractivity contribution >= 4 is 11.9 Å². The molecule has 4 unspecified atom stereocenters. The topological polar surface area (TPSA) is 95.7 Å². The third kappa shape index (κ3) is 3.65. The summed E-state index contributed by atoms with van der Waals surface area (Å²) in [6.45, 7) is 6.01. The van der Waals surface area contributed by atoms with Gasteiger partial charge in [0.2, 0.25) is 0 Å². The Morgan fingerprint density at radius 1 is 1.05 bits per heavy atom. The fraction of sp³-hybridized carbons (Fsp3) is 0.833. The van der Waals surface area contributed by atoms with Crippen LogP contribution in [-0.4, -0.2) is 35.1 Å². The smallest absolute Gasteiger partial charge is 0.303 e. The maximum atomic E-state index is 11.3. The number of ether oxygens (including phenoxy) is 2. The molecule has 19 heavy (non-hydrogen) atoms. The van der Waals surface area contributed by atoms with Crippen LogP contribution in [0.2, 0.25) is 0 Å². The first-order chi connectivity index (χ1) is 8.73. The van der Waals surface area contributed by atoms with Gasteiger partial charge in [-0.15, -0.1) is 0 Å². The van der Waals surface area contributed by atoms with E-state index in [-0.39, 0.29) is 11.8 Å². The van der Waals surface area contributed by atoms with Crippen molar-refractivity contribution in [2.24, 2.45) is 11.8 Å². The molecule has 1 fully saturated rings. The first-order valence-corrected chi connectivity index (χ1v) is 6.22. The van der Waals surface area contributed by atoms with E-state index in [1.54, 1.807) is 13.8 Å². The van der Waals surface area contributed by atoms with Gasteiger partial charge in [-0.05, 0) is 6.42 Å². The molecule has 0 amide bonds. The van der Waals surface area contributed by atoms with Crippen LogP contribution in [0, 0.1) is 22.0 Å². The van der Waals surface area contributed by atoms with E-state index in [0.29, 0.717) is 6.42 Å². The van der Waals surface area contributed by atoms with Gasteiger partial charge in [-0.1, -0.05) is 13.8 Å². The first kappa shape index (κ1) is 15.4. The Labute approximate surface area is 111 Å². The van der Waals surface area contributed by atoms with Crippen LogP contribution in [0.4, 0.5) is 0 Å². The minimum Gasteiger partial charge on any atom is -0.455 e. The van der Waals surface area contributed by atoms with E-state index in [1.165, 1.54) is 13.8 Å². The molecule has 1 rings (SSSR count). The quantitative estimate of drug-likeness (QED) is 0.435. The Balaban J connectivity index is 3.03. The summed E-state index contributed by atoms with van der Waals surface area (Å²) in [5.74, 6) is -1.44. The lowest BCUT2D eigenvalue weighted by Crippen LogP contribution is -2.56. The fourth-order valence-corrected chi connectivity index (χ4v) is 2.71. The van der Waals surface area contributed by atoms with Gasteiger partial charge in [0.05, 0.1) is 0 Å². The highest BCUT2D eigenvalue weighted by atomic mass is 16.6. The van der Waals surface area contributed by atoms with Crippen molar-refractivity contribution in [1.82, 2.24) is 0 Å². The average Bonchev–Trinajstić information content (AvgIpc) is 2.23. The van der Waals surface area contributed by atoms with Gasteiger partial charge in [0.25, 0.3) is 6.04 Å². The number of carbonyl (C=O) groups is 2. The van der Waals surface area contributed by atoms with Gasteiger partial charge in [-0.25, -0.2) is 0 Å².